The largest absolute Gasteiger partial charge is 0.465 e. The smallest absolute Gasteiger partial charge is 0.350 e. The van der Waals surface area contributed by atoms with Gasteiger partial charge < -0.3 is 14.7 Å². The fourth-order valence-electron chi connectivity index (χ4n) is 4.63. The molecule has 2 aliphatic carbocycles. The van der Waals surface area contributed by atoms with Crippen LogP contribution in [0, 0.1) is 23.3 Å². The van der Waals surface area contributed by atoms with Crippen molar-refractivity contribution in [3.63, 3.8) is 0 Å². The van der Waals surface area contributed by atoms with E-state index in [2.05, 4.69) is 38.0 Å². The first kappa shape index (κ1) is 25.0. The average Bonchev–Trinajstić information content (AvgIpc) is 3.17. The van der Waals surface area contributed by atoms with E-state index in [1.165, 1.54) is 18.4 Å². The van der Waals surface area contributed by atoms with E-state index in [-0.39, 0.29) is 24.0 Å². The van der Waals surface area contributed by atoms with Crippen LogP contribution in [0.25, 0.3) is 0 Å². The topological polar surface area (TPSA) is 66.8 Å². The number of anilines is 1. The van der Waals surface area contributed by atoms with Crippen LogP contribution >= 0.6 is 11.3 Å². The number of rotatable bonds is 4. The van der Waals surface area contributed by atoms with Crippen molar-refractivity contribution in [3.8, 4) is 11.5 Å². The summed E-state index contributed by atoms with van der Waals surface area (Å²) >= 11 is 1.32. The predicted molar refractivity (Wildman–Crippen MR) is 133 cm³/mol. The summed E-state index contributed by atoms with van der Waals surface area (Å²) in [6.07, 6.45) is 6.44. The van der Waals surface area contributed by atoms with Gasteiger partial charge in [0.15, 0.2) is 0 Å². The Morgan fingerprint density at radius 1 is 1.09 bits per heavy atom. The molecule has 0 aromatic carbocycles. The molecule has 2 fully saturated rings. The lowest BCUT2D eigenvalue weighted by atomic mass is 9.81. The molecule has 5 nitrogen and oxygen atoms in total. The van der Waals surface area contributed by atoms with Crippen LogP contribution in [-0.4, -0.2) is 44.3 Å². The Kier molecular flexibility index (Phi) is 8.24. The molecular weight excluding hydrogens is 438 g/mol. The molecule has 0 spiro atoms. The van der Waals surface area contributed by atoms with Crippen LogP contribution in [0.15, 0.2) is 6.07 Å². The third-order valence-electron chi connectivity index (χ3n) is 6.54. The lowest BCUT2D eigenvalue weighted by molar-refractivity contribution is -0.124. The number of aliphatic hydroxyl groups is 1. The molecule has 1 heterocycles. The van der Waals surface area contributed by atoms with Crippen LogP contribution < -0.4 is 4.90 Å². The summed E-state index contributed by atoms with van der Waals surface area (Å²) in [6.45, 7) is 8.80. The number of carbonyl (C=O) groups is 2. The number of nitrogens with zero attached hydrogens (tertiary/aromatic N) is 1. The van der Waals surface area contributed by atoms with Gasteiger partial charge in [0.1, 0.15) is 13.0 Å². The molecule has 3 rings (SSSR count). The molecule has 2 aliphatic rings. The van der Waals surface area contributed by atoms with Crippen molar-refractivity contribution in [3.05, 3.63) is 15.8 Å². The van der Waals surface area contributed by atoms with Crippen molar-refractivity contribution in [1.82, 2.24) is 0 Å². The normalized spacial score (nSPS) is 26.1. The minimum atomic E-state index is -1.58. The summed E-state index contributed by atoms with van der Waals surface area (Å²) in [5.74, 6) is 3.60. The molecule has 32 heavy (non-hydrogen) atoms. The second kappa shape index (κ2) is 10.5. The maximum absolute atomic E-state index is 13.9. The minimum absolute atomic E-state index is 0.0129. The van der Waals surface area contributed by atoms with Crippen LogP contribution in [0.5, 0.6) is 0 Å². The van der Waals surface area contributed by atoms with Crippen molar-refractivity contribution >= 4 is 37.0 Å². The third-order valence-corrected chi connectivity index (χ3v) is 8.43. The zero-order chi connectivity index (χ0) is 23.5. The van der Waals surface area contributed by atoms with E-state index in [0.29, 0.717) is 29.3 Å². The van der Waals surface area contributed by atoms with E-state index >= 15 is 0 Å². The summed E-state index contributed by atoms with van der Waals surface area (Å²) in [7, 11) is -0.205. The molecule has 176 valence electrons. The highest BCUT2D eigenvalue weighted by Gasteiger charge is 2.37. The molecule has 1 aromatic rings. The van der Waals surface area contributed by atoms with Gasteiger partial charge >= 0.3 is 5.97 Å². The van der Waals surface area contributed by atoms with Gasteiger partial charge in [-0.1, -0.05) is 32.5 Å². The molecule has 0 atom stereocenters. The molecule has 1 N–H and O–H groups in total. The van der Waals surface area contributed by atoms with E-state index in [4.69, 9.17) is 4.74 Å². The first-order chi connectivity index (χ1) is 15.1. The van der Waals surface area contributed by atoms with Crippen LogP contribution in [0.1, 0.15) is 72.8 Å². The average molecular weight is 476 g/mol. The number of hydrogen-bond donors (Lipinski definition) is 1. The van der Waals surface area contributed by atoms with E-state index < -0.39 is 14.0 Å². The van der Waals surface area contributed by atoms with Gasteiger partial charge in [-0.2, -0.15) is 0 Å². The number of ether oxygens (including phenoxy) is 1. The summed E-state index contributed by atoms with van der Waals surface area (Å²) in [6, 6.07) is 1.90. The molecule has 0 bridgehead atoms. The van der Waals surface area contributed by atoms with Crippen molar-refractivity contribution in [2.45, 2.75) is 90.1 Å². The van der Waals surface area contributed by atoms with Gasteiger partial charge in [0, 0.05) is 12.0 Å². The van der Waals surface area contributed by atoms with Crippen LogP contribution in [0.2, 0.25) is 19.6 Å². The maximum Gasteiger partial charge on any atom is 0.350 e. The van der Waals surface area contributed by atoms with E-state index in [1.54, 1.807) is 0 Å². The van der Waals surface area contributed by atoms with Crippen molar-refractivity contribution in [2.24, 2.45) is 11.8 Å². The Balaban J connectivity index is 2.02. The van der Waals surface area contributed by atoms with Crippen LogP contribution in [0.3, 0.4) is 0 Å². The van der Waals surface area contributed by atoms with Crippen LogP contribution in [-0.2, 0) is 9.53 Å². The number of amides is 1. The first-order valence-corrected chi connectivity index (χ1v) is 16.2. The summed E-state index contributed by atoms with van der Waals surface area (Å²) < 4.78 is 5.08. The van der Waals surface area contributed by atoms with E-state index in [9.17, 15) is 14.7 Å². The highest BCUT2D eigenvalue weighted by atomic mass is 32.1. The fraction of sp³-hybridized carbons (Fsp3) is 0.680. The molecular formula is C25H37NO4SSi. The van der Waals surface area contributed by atoms with Crippen molar-refractivity contribution in [1.29, 1.82) is 0 Å². The standard InChI is InChI=1S/C25H37NO4SSi/c1-17-6-8-18(9-7-17)24(28)26(19-10-12-20(27)13-11-19)22-16-21(14-15-32(3,4)5)31-23(22)25(29)30-2/h16-20,27H,6-13H2,1-5H3/t17-,18-,19-,20-. The quantitative estimate of drug-likeness (QED) is 0.368. The Hall–Kier alpha value is -1.62. The van der Waals surface area contributed by atoms with Gasteiger partial charge in [-0.3, -0.25) is 4.79 Å². The lowest BCUT2D eigenvalue weighted by Gasteiger charge is -2.38. The first-order valence-electron chi connectivity index (χ1n) is 11.9. The molecule has 0 aliphatic heterocycles. The summed E-state index contributed by atoms with van der Waals surface area (Å²) in [4.78, 5) is 29.7. The third kappa shape index (κ3) is 6.24. The number of aliphatic hydroxyl groups excluding tert-OH is 1. The molecule has 2 saturated carbocycles. The number of thiophene rings is 1. The maximum atomic E-state index is 13.9. The van der Waals surface area contributed by atoms with Gasteiger partial charge in [0.2, 0.25) is 5.91 Å². The highest BCUT2D eigenvalue weighted by molar-refractivity contribution is 7.15. The molecule has 0 unspecified atom stereocenters. The second-order valence-corrected chi connectivity index (χ2v) is 16.2. The van der Waals surface area contributed by atoms with E-state index in [0.717, 1.165) is 43.4 Å². The molecule has 0 radical (unpaired) electrons. The van der Waals surface area contributed by atoms with Gasteiger partial charge in [-0.25, -0.2) is 4.79 Å². The Morgan fingerprint density at radius 2 is 1.72 bits per heavy atom. The number of methoxy groups -OCH3 is 1. The second-order valence-electron chi connectivity index (χ2n) is 10.4. The van der Waals surface area contributed by atoms with Gasteiger partial charge in [-0.05, 0) is 63.4 Å². The van der Waals surface area contributed by atoms with E-state index in [1.807, 2.05) is 11.0 Å². The summed E-state index contributed by atoms with van der Waals surface area (Å²) in [5, 5.41) is 10.0. The Morgan fingerprint density at radius 3 is 2.28 bits per heavy atom. The van der Waals surface area contributed by atoms with Gasteiger partial charge in [-0.15, -0.1) is 16.9 Å². The molecule has 0 saturated heterocycles. The number of hydrogen-bond acceptors (Lipinski definition) is 5. The predicted octanol–water partition coefficient (Wildman–Crippen LogP) is 5.23. The van der Waals surface area contributed by atoms with Crippen LogP contribution in [0.4, 0.5) is 5.69 Å². The zero-order valence-corrected chi connectivity index (χ0v) is 21.9. The highest BCUT2D eigenvalue weighted by Crippen LogP contribution is 2.39. The molecule has 7 heteroatoms. The monoisotopic (exact) mass is 475 g/mol. The fourth-order valence-corrected chi connectivity index (χ4v) is 6.15. The van der Waals surface area contributed by atoms with Gasteiger partial charge in [0.25, 0.3) is 0 Å². The number of carbonyl (C=O) groups excluding carboxylic acids is 2. The molecule has 1 aromatic heterocycles. The van der Waals surface area contributed by atoms with Crippen molar-refractivity contribution < 1.29 is 19.4 Å². The minimum Gasteiger partial charge on any atom is -0.465 e. The SMILES string of the molecule is COC(=O)c1sc(C#C[Si](C)(C)C)cc1N(C(=O)[C@H]1CC[C@H](C)CC1)[C@H]1CC[C@H](O)CC1. The van der Waals surface area contributed by atoms with Gasteiger partial charge in [0.05, 0.1) is 23.8 Å². The lowest BCUT2D eigenvalue weighted by Crippen LogP contribution is -2.47. The zero-order valence-electron chi connectivity index (χ0n) is 20.1. The Labute approximate surface area is 197 Å². The number of esters is 1. The summed E-state index contributed by atoms with van der Waals surface area (Å²) in [5.41, 5.74) is 4.01. The Bertz CT molecular complexity index is 878. The van der Waals surface area contributed by atoms with Crippen molar-refractivity contribution in [2.75, 3.05) is 12.0 Å². The molecule has 1 amide bonds.